The number of thioether (sulfide) groups is 1. The molecule has 0 amide bonds. The molecule has 1 aliphatic heterocycles. The van der Waals surface area contributed by atoms with Crippen LogP contribution in [-0.2, 0) is 17.0 Å². The van der Waals surface area contributed by atoms with Crippen LogP contribution in [0.1, 0.15) is 72.6 Å². The van der Waals surface area contributed by atoms with Gasteiger partial charge in [0.25, 0.3) is 0 Å². The van der Waals surface area contributed by atoms with Crippen LogP contribution in [0.2, 0.25) is 18.6 Å². The molecule has 0 aromatic carbocycles. The van der Waals surface area contributed by atoms with Crippen LogP contribution in [0.4, 0.5) is 0 Å². The predicted octanol–water partition coefficient (Wildman–Crippen LogP) is 8.92. The summed E-state index contributed by atoms with van der Waals surface area (Å²) in [5.74, 6) is 5.15. The Bertz CT molecular complexity index is 529. The first-order chi connectivity index (χ1) is 13.1. The third-order valence-corrected chi connectivity index (χ3v) is 13.7. The SMILES string of the molecule is CC1CCC2SC3C(C2C1)C1CCCCC1C3[Si](C)(C)[N-]C(C)(C)C.[CH3-].[Cl][Ti][Cl]. The quantitative estimate of drug-likeness (QED) is 0.266. The third kappa shape index (κ3) is 6.04. The van der Waals surface area contributed by atoms with Crippen molar-refractivity contribution in [3.63, 3.8) is 0 Å². The van der Waals surface area contributed by atoms with Gasteiger partial charge in [0.1, 0.15) is 0 Å². The van der Waals surface area contributed by atoms with Crippen molar-refractivity contribution < 1.29 is 17.0 Å². The van der Waals surface area contributed by atoms with Crippen LogP contribution in [0.3, 0.4) is 0 Å². The maximum atomic E-state index is 5.53. The van der Waals surface area contributed by atoms with Gasteiger partial charge in [0.15, 0.2) is 0 Å². The molecule has 4 fully saturated rings. The van der Waals surface area contributed by atoms with E-state index in [1.54, 1.807) is 6.42 Å². The van der Waals surface area contributed by atoms with Gasteiger partial charge in [0.05, 0.1) is 0 Å². The fraction of sp³-hybridized carbons (Fsp3) is 0.957. The molecular weight excluding hydrogens is 469 g/mol. The zero-order valence-electron chi connectivity index (χ0n) is 19.7. The van der Waals surface area contributed by atoms with Crippen molar-refractivity contribution >= 4 is 38.6 Å². The van der Waals surface area contributed by atoms with Crippen LogP contribution >= 0.6 is 30.4 Å². The molecule has 1 saturated heterocycles. The van der Waals surface area contributed by atoms with E-state index < -0.39 is 25.3 Å². The van der Waals surface area contributed by atoms with E-state index in [1.807, 2.05) is 0 Å². The van der Waals surface area contributed by atoms with Crippen molar-refractivity contribution in [3.8, 4) is 0 Å². The first kappa shape index (κ1) is 27.1. The van der Waals surface area contributed by atoms with E-state index in [0.29, 0.717) is 0 Å². The van der Waals surface area contributed by atoms with Crippen molar-refractivity contribution in [2.24, 2.45) is 29.6 Å². The van der Waals surface area contributed by atoms with E-state index in [0.717, 1.165) is 45.6 Å². The molecule has 3 saturated carbocycles. The molecule has 4 rings (SSSR count). The van der Waals surface area contributed by atoms with Gasteiger partial charge in [-0.3, -0.25) is 0 Å². The Hall–Kier alpha value is 1.82. The molecule has 3 aliphatic carbocycles. The van der Waals surface area contributed by atoms with Gasteiger partial charge < -0.3 is 12.4 Å². The van der Waals surface area contributed by atoms with E-state index >= 15 is 0 Å². The Morgan fingerprint density at radius 3 is 2.14 bits per heavy atom. The number of rotatable bonds is 2. The fourth-order valence-electron chi connectivity index (χ4n) is 7.61. The third-order valence-electron chi connectivity index (χ3n) is 7.93. The molecule has 0 radical (unpaired) electrons. The van der Waals surface area contributed by atoms with Gasteiger partial charge in [0.2, 0.25) is 0 Å². The van der Waals surface area contributed by atoms with Gasteiger partial charge in [-0.05, 0) is 60.8 Å². The Kier molecular flexibility index (Phi) is 10.1. The summed E-state index contributed by atoms with van der Waals surface area (Å²) in [6.45, 7) is 14.7. The molecule has 170 valence electrons. The van der Waals surface area contributed by atoms with Crippen LogP contribution in [0.15, 0.2) is 0 Å². The first-order valence-corrected chi connectivity index (χ1v) is 19.7. The average Bonchev–Trinajstić information content (AvgIpc) is 3.07. The molecule has 8 atom stereocenters. The normalized spacial score (nSPS) is 41.2. The molecular formula is C23H43Cl2NSSiTi-2. The Morgan fingerprint density at radius 2 is 1.55 bits per heavy atom. The minimum atomic E-state index is -1.58. The summed E-state index contributed by atoms with van der Waals surface area (Å²) in [7, 11) is 8.20. The fourth-order valence-corrected chi connectivity index (χ4v) is 15.3. The van der Waals surface area contributed by atoms with E-state index in [1.165, 1.54) is 38.5 Å². The topological polar surface area (TPSA) is 14.1 Å². The molecule has 0 aromatic heterocycles. The molecule has 1 heterocycles. The molecule has 4 aliphatic rings. The number of hydrogen-bond acceptors (Lipinski definition) is 1. The summed E-state index contributed by atoms with van der Waals surface area (Å²) in [5.41, 5.74) is 1.09. The first-order valence-electron chi connectivity index (χ1n) is 11.4. The minimum absolute atomic E-state index is 0. The average molecular weight is 513 g/mol. The van der Waals surface area contributed by atoms with Crippen LogP contribution in [0.25, 0.3) is 4.98 Å². The van der Waals surface area contributed by atoms with Crippen LogP contribution in [0.5, 0.6) is 0 Å². The zero-order valence-corrected chi connectivity index (χ0v) is 24.6. The van der Waals surface area contributed by atoms with Crippen molar-refractivity contribution in [2.45, 2.75) is 107 Å². The Morgan fingerprint density at radius 1 is 0.966 bits per heavy atom. The second-order valence-corrected chi connectivity index (χ2v) is 19.6. The molecule has 0 bridgehead atoms. The Labute approximate surface area is 203 Å². The maximum absolute atomic E-state index is 5.53. The van der Waals surface area contributed by atoms with E-state index in [-0.39, 0.29) is 13.0 Å². The molecule has 0 N–H and O–H groups in total. The Balaban J connectivity index is 0.000000708. The van der Waals surface area contributed by atoms with Gasteiger partial charge in [-0.2, -0.15) is 11.8 Å². The van der Waals surface area contributed by atoms with Gasteiger partial charge in [0, 0.05) is 10.5 Å². The standard InChI is InChI=1S/C22H40NSSi.CH3.2ClH.Ti/c1-14-11-12-18-17(13-14)19-15-9-7-8-10-16(15)21(20(19)24-18)25(5,6)23-22(2,3)4;;;;/h14-21H,7-13H2,1-6H3;1H3;2*1H;/q2*-1;;;+2/p-2. The van der Waals surface area contributed by atoms with Crippen LogP contribution < -0.4 is 0 Å². The van der Waals surface area contributed by atoms with Crippen molar-refractivity contribution in [2.75, 3.05) is 0 Å². The molecule has 6 heteroatoms. The molecule has 29 heavy (non-hydrogen) atoms. The van der Waals surface area contributed by atoms with Crippen molar-refractivity contribution in [3.05, 3.63) is 12.4 Å². The monoisotopic (exact) mass is 511 g/mol. The van der Waals surface area contributed by atoms with Gasteiger partial charge in [-0.25, -0.2) is 0 Å². The summed E-state index contributed by atoms with van der Waals surface area (Å²) in [5, 5.41) is 1.96. The molecule has 8 unspecified atom stereocenters. The summed E-state index contributed by atoms with van der Waals surface area (Å²) in [6, 6.07) is 0. The van der Waals surface area contributed by atoms with Crippen LogP contribution in [0, 0.1) is 37.0 Å². The summed E-state index contributed by atoms with van der Waals surface area (Å²) < 4.78 is 0. The molecule has 0 spiro atoms. The van der Waals surface area contributed by atoms with Gasteiger partial charge in [-0.15, -0.1) is 5.54 Å². The van der Waals surface area contributed by atoms with Gasteiger partial charge >= 0.3 is 35.6 Å². The molecule has 1 nitrogen and oxygen atoms in total. The predicted molar refractivity (Wildman–Crippen MR) is 133 cm³/mol. The van der Waals surface area contributed by atoms with Crippen molar-refractivity contribution in [1.82, 2.24) is 0 Å². The van der Waals surface area contributed by atoms with E-state index in [4.69, 9.17) is 23.6 Å². The second-order valence-electron chi connectivity index (χ2n) is 11.4. The summed E-state index contributed by atoms with van der Waals surface area (Å²) >= 11 is 1.91. The van der Waals surface area contributed by atoms with Crippen LogP contribution in [-0.4, -0.2) is 24.3 Å². The number of halogens is 2. The number of hydrogen-bond donors (Lipinski definition) is 0. The summed E-state index contributed by atoms with van der Waals surface area (Å²) in [4.78, 5) is 5.53. The van der Waals surface area contributed by atoms with E-state index in [9.17, 15) is 0 Å². The van der Waals surface area contributed by atoms with Crippen molar-refractivity contribution in [1.29, 1.82) is 0 Å². The summed E-state index contributed by atoms with van der Waals surface area (Å²) in [6.07, 6.45) is 10.6. The second kappa shape index (κ2) is 10.8. The number of nitrogens with zero attached hydrogens (tertiary/aromatic N) is 1. The number of fused-ring (bicyclic) bond motifs is 5. The zero-order chi connectivity index (χ0) is 20.7. The van der Waals surface area contributed by atoms with Gasteiger partial charge in [-0.1, -0.05) is 68.3 Å². The molecule has 0 aromatic rings. The van der Waals surface area contributed by atoms with E-state index in [2.05, 4.69) is 52.6 Å².